The van der Waals surface area contributed by atoms with E-state index in [0.717, 1.165) is 17.1 Å². The molecule has 0 radical (unpaired) electrons. The lowest BCUT2D eigenvalue weighted by molar-refractivity contribution is 0.395. The molecule has 0 aliphatic carbocycles. The molecule has 2 N–H and O–H groups in total. The molecule has 0 spiro atoms. The van der Waals surface area contributed by atoms with Gasteiger partial charge in [0.2, 0.25) is 0 Å². The maximum Gasteiger partial charge on any atom is 0.175 e. The zero-order chi connectivity index (χ0) is 15.9. The van der Waals surface area contributed by atoms with Crippen LogP contribution >= 0.6 is 12.2 Å². The predicted octanol–water partition coefficient (Wildman–Crippen LogP) is 3.52. The summed E-state index contributed by atoms with van der Waals surface area (Å²) in [4.78, 5) is 0. The first kappa shape index (κ1) is 15.9. The number of methoxy groups -OCH3 is 3. The molecule has 116 valence electrons. The Morgan fingerprint density at radius 2 is 1.59 bits per heavy atom. The van der Waals surface area contributed by atoms with Crippen LogP contribution in [-0.2, 0) is 0 Å². The van der Waals surface area contributed by atoms with E-state index < -0.39 is 0 Å². The molecule has 0 aliphatic heterocycles. The van der Waals surface area contributed by atoms with Crippen LogP contribution in [0.15, 0.2) is 42.5 Å². The first-order valence-corrected chi connectivity index (χ1v) is 7.01. The lowest BCUT2D eigenvalue weighted by Crippen LogP contribution is -2.19. The third-order valence-electron chi connectivity index (χ3n) is 2.98. The summed E-state index contributed by atoms with van der Waals surface area (Å²) >= 11 is 5.32. The summed E-state index contributed by atoms with van der Waals surface area (Å²) in [5, 5.41) is 6.65. The van der Waals surface area contributed by atoms with E-state index in [1.807, 2.05) is 36.4 Å². The molecule has 0 saturated carbocycles. The summed E-state index contributed by atoms with van der Waals surface area (Å²) in [5.74, 6) is 2.12. The van der Waals surface area contributed by atoms with Crippen molar-refractivity contribution in [1.82, 2.24) is 0 Å². The van der Waals surface area contributed by atoms with Crippen molar-refractivity contribution in [3.8, 4) is 17.2 Å². The van der Waals surface area contributed by atoms with E-state index in [1.165, 1.54) is 0 Å². The topological polar surface area (TPSA) is 51.8 Å². The van der Waals surface area contributed by atoms with Crippen LogP contribution in [0.5, 0.6) is 17.2 Å². The fourth-order valence-corrected chi connectivity index (χ4v) is 2.12. The van der Waals surface area contributed by atoms with E-state index in [-0.39, 0.29) is 0 Å². The van der Waals surface area contributed by atoms with Crippen LogP contribution in [0.25, 0.3) is 0 Å². The van der Waals surface area contributed by atoms with Crippen molar-refractivity contribution in [2.24, 2.45) is 0 Å². The quantitative estimate of drug-likeness (QED) is 0.823. The number of anilines is 2. The number of nitrogens with one attached hydrogen (secondary N) is 2. The molecular formula is C16H18N2O3S. The highest BCUT2D eigenvalue weighted by Gasteiger charge is 2.07. The Bertz CT molecular complexity index is 662. The van der Waals surface area contributed by atoms with Crippen LogP contribution in [0, 0.1) is 0 Å². The van der Waals surface area contributed by atoms with Crippen molar-refractivity contribution >= 4 is 28.7 Å². The number of hydrogen-bond acceptors (Lipinski definition) is 4. The average molecular weight is 318 g/mol. The third kappa shape index (κ3) is 4.02. The molecule has 5 nitrogen and oxygen atoms in total. The molecule has 0 bridgehead atoms. The highest BCUT2D eigenvalue weighted by molar-refractivity contribution is 7.80. The second kappa shape index (κ2) is 7.51. The van der Waals surface area contributed by atoms with Crippen molar-refractivity contribution < 1.29 is 14.2 Å². The van der Waals surface area contributed by atoms with E-state index in [1.54, 1.807) is 27.4 Å². The van der Waals surface area contributed by atoms with E-state index in [9.17, 15) is 0 Å². The zero-order valence-electron chi connectivity index (χ0n) is 12.7. The summed E-state index contributed by atoms with van der Waals surface area (Å²) in [6.07, 6.45) is 0. The lowest BCUT2D eigenvalue weighted by atomic mass is 10.2. The van der Waals surface area contributed by atoms with Gasteiger partial charge in [-0.2, -0.15) is 0 Å². The second-order valence-electron chi connectivity index (χ2n) is 4.38. The van der Waals surface area contributed by atoms with E-state index in [0.29, 0.717) is 16.6 Å². The maximum absolute atomic E-state index is 5.33. The molecule has 0 saturated heterocycles. The molecule has 0 unspecified atom stereocenters. The summed E-state index contributed by atoms with van der Waals surface area (Å²) in [6.45, 7) is 0. The van der Waals surface area contributed by atoms with Gasteiger partial charge in [0.15, 0.2) is 5.11 Å². The molecule has 0 aromatic heterocycles. The van der Waals surface area contributed by atoms with Crippen LogP contribution in [0.1, 0.15) is 0 Å². The van der Waals surface area contributed by atoms with E-state index in [2.05, 4.69) is 10.6 Å². The normalized spacial score (nSPS) is 9.77. The summed E-state index contributed by atoms with van der Waals surface area (Å²) in [6, 6.07) is 13.0. The number of ether oxygens (including phenoxy) is 3. The van der Waals surface area contributed by atoms with Crippen molar-refractivity contribution in [2.75, 3.05) is 32.0 Å². The largest absolute Gasteiger partial charge is 0.497 e. The van der Waals surface area contributed by atoms with E-state index >= 15 is 0 Å². The monoisotopic (exact) mass is 318 g/mol. The first-order chi connectivity index (χ1) is 10.7. The highest BCUT2D eigenvalue weighted by atomic mass is 32.1. The molecule has 2 rings (SSSR count). The lowest BCUT2D eigenvalue weighted by Gasteiger charge is -2.14. The SMILES string of the molecule is COc1cccc(NC(=S)Nc2ccc(OC)cc2OC)c1. The Hall–Kier alpha value is -2.47. The molecule has 0 fully saturated rings. The van der Waals surface area contributed by atoms with Crippen molar-refractivity contribution in [3.05, 3.63) is 42.5 Å². The van der Waals surface area contributed by atoms with Crippen LogP contribution in [0.3, 0.4) is 0 Å². The number of hydrogen-bond donors (Lipinski definition) is 2. The fourth-order valence-electron chi connectivity index (χ4n) is 1.89. The second-order valence-corrected chi connectivity index (χ2v) is 4.79. The molecule has 0 aliphatic rings. The molecule has 0 atom stereocenters. The van der Waals surface area contributed by atoms with Gasteiger partial charge >= 0.3 is 0 Å². The summed E-state index contributed by atoms with van der Waals surface area (Å²) < 4.78 is 15.7. The zero-order valence-corrected chi connectivity index (χ0v) is 13.5. The number of benzene rings is 2. The van der Waals surface area contributed by atoms with Crippen molar-refractivity contribution in [1.29, 1.82) is 0 Å². The Labute approximate surface area is 135 Å². The van der Waals surface area contributed by atoms with Crippen molar-refractivity contribution in [2.45, 2.75) is 0 Å². The van der Waals surface area contributed by atoms with Gasteiger partial charge in [-0.25, -0.2) is 0 Å². The van der Waals surface area contributed by atoms with Gasteiger partial charge in [0.1, 0.15) is 17.2 Å². The molecular weight excluding hydrogens is 300 g/mol. The predicted molar refractivity (Wildman–Crippen MR) is 92.4 cm³/mol. The molecule has 2 aromatic rings. The minimum absolute atomic E-state index is 0.455. The van der Waals surface area contributed by atoms with Gasteiger partial charge in [-0.1, -0.05) is 6.07 Å². The van der Waals surface area contributed by atoms with Gasteiger partial charge < -0.3 is 24.8 Å². The minimum Gasteiger partial charge on any atom is -0.497 e. The molecule has 6 heteroatoms. The van der Waals surface area contributed by atoms with Gasteiger partial charge in [-0.15, -0.1) is 0 Å². The van der Waals surface area contributed by atoms with Crippen LogP contribution in [-0.4, -0.2) is 26.4 Å². The molecule has 22 heavy (non-hydrogen) atoms. The Morgan fingerprint density at radius 3 is 2.27 bits per heavy atom. The summed E-state index contributed by atoms with van der Waals surface area (Å²) in [7, 11) is 4.83. The summed E-state index contributed by atoms with van der Waals surface area (Å²) in [5.41, 5.74) is 1.59. The van der Waals surface area contributed by atoms with E-state index in [4.69, 9.17) is 26.4 Å². The van der Waals surface area contributed by atoms with Gasteiger partial charge in [-0.05, 0) is 36.5 Å². The van der Waals surface area contributed by atoms with Crippen LogP contribution in [0.4, 0.5) is 11.4 Å². The van der Waals surface area contributed by atoms with Gasteiger partial charge in [0, 0.05) is 17.8 Å². The smallest absolute Gasteiger partial charge is 0.175 e. The Balaban J connectivity index is 2.08. The van der Waals surface area contributed by atoms with Gasteiger partial charge in [-0.3, -0.25) is 0 Å². The Morgan fingerprint density at radius 1 is 0.864 bits per heavy atom. The van der Waals surface area contributed by atoms with Gasteiger partial charge in [0.25, 0.3) is 0 Å². The minimum atomic E-state index is 0.455. The average Bonchev–Trinajstić information content (AvgIpc) is 2.55. The first-order valence-electron chi connectivity index (χ1n) is 6.60. The molecule has 2 aromatic carbocycles. The highest BCUT2D eigenvalue weighted by Crippen LogP contribution is 2.29. The number of rotatable bonds is 5. The maximum atomic E-state index is 5.33. The Kier molecular flexibility index (Phi) is 5.43. The molecule has 0 amide bonds. The molecule has 0 heterocycles. The standard InChI is InChI=1S/C16H18N2O3S/c1-19-12-6-4-5-11(9-12)17-16(22)18-14-8-7-13(20-2)10-15(14)21-3/h4-10H,1-3H3,(H2,17,18,22). The number of thiocarbonyl (C=S) groups is 1. The van der Waals surface area contributed by atoms with Crippen molar-refractivity contribution in [3.63, 3.8) is 0 Å². The van der Waals surface area contributed by atoms with Crippen LogP contribution < -0.4 is 24.8 Å². The van der Waals surface area contributed by atoms with Crippen LogP contribution in [0.2, 0.25) is 0 Å². The fraction of sp³-hybridized carbons (Fsp3) is 0.188. The van der Waals surface area contributed by atoms with Gasteiger partial charge in [0.05, 0.1) is 27.0 Å². The third-order valence-corrected chi connectivity index (χ3v) is 3.19.